The second-order valence-corrected chi connectivity index (χ2v) is 6.35. The minimum Gasteiger partial charge on any atom is -0.373 e. The number of hydrogen-bond donors (Lipinski definition) is 2. The van der Waals surface area contributed by atoms with E-state index in [1.807, 2.05) is 13.1 Å². The molecule has 0 amide bonds. The van der Waals surface area contributed by atoms with Crippen LogP contribution in [0.5, 0.6) is 0 Å². The summed E-state index contributed by atoms with van der Waals surface area (Å²) in [4.78, 5) is 9.68. The molecule has 0 bridgehead atoms. The van der Waals surface area contributed by atoms with Crippen molar-refractivity contribution >= 4 is 41.3 Å². The molecule has 0 spiro atoms. The van der Waals surface area contributed by atoms with E-state index in [4.69, 9.17) is 4.74 Å². The van der Waals surface area contributed by atoms with E-state index in [9.17, 15) is 0 Å². The van der Waals surface area contributed by atoms with Gasteiger partial charge in [0.15, 0.2) is 5.96 Å². The van der Waals surface area contributed by atoms with Crippen molar-refractivity contribution in [1.29, 1.82) is 0 Å². The number of ether oxygens (including phenoxy) is 1. The van der Waals surface area contributed by atoms with E-state index in [1.165, 1.54) is 4.88 Å². The third-order valence-electron chi connectivity index (χ3n) is 3.25. The van der Waals surface area contributed by atoms with Gasteiger partial charge in [0, 0.05) is 31.3 Å². The first-order valence-electron chi connectivity index (χ1n) is 6.61. The Kier molecular flexibility index (Phi) is 7.18. The van der Waals surface area contributed by atoms with Crippen molar-refractivity contribution in [2.24, 2.45) is 4.99 Å². The van der Waals surface area contributed by atoms with E-state index in [2.05, 4.69) is 27.5 Å². The van der Waals surface area contributed by atoms with Gasteiger partial charge >= 0.3 is 0 Å². The Hall–Kier alpha value is -0.410. The second-order valence-electron chi connectivity index (χ2n) is 5.03. The minimum atomic E-state index is -0.0568. The number of halogens is 1. The van der Waals surface area contributed by atoms with E-state index in [-0.39, 0.29) is 29.6 Å². The van der Waals surface area contributed by atoms with E-state index in [0.29, 0.717) is 0 Å². The molecule has 1 aromatic heterocycles. The first-order valence-corrected chi connectivity index (χ1v) is 7.43. The van der Waals surface area contributed by atoms with Crippen LogP contribution in [0.4, 0.5) is 0 Å². The Morgan fingerprint density at radius 3 is 2.90 bits per heavy atom. The van der Waals surface area contributed by atoms with Gasteiger partial charge in [-0.1, -0.05) is 0 Å². The highest BCUT2D eigenvalue weighted by molar-refractivity contribution is 14.0. The van der Waals surface area contributed by atoms with Crippen molar-refractivity contribution in [2.45, 2.75) is 38.8 Å². The number of guanidine groups is 1. The zero-order chi connectivity index (χ0) is 13.7. The molecule has 2 N–H and O–H groups in total. The first kappa shape index (κ1) is 17.6. The van der Waals surface area contributed by atoms with Crippen molar-refractivity contribution in [2.75, 3.05) is 20.2 Å². The predicted molar refractivity (Wildman–Crippen MR) is 94.1 cm³/mol. The van der Waals surface area contributed by atoms with Crippen LogP contribution in [-0.4, -0.2) is 36.7 Å². The molecule has 1 saturated heterocycles. The van der Waals surface area contributed by atoms with Crippen LogP contribution in [-0.2, 0) is 11.3 Å². The molecule has 0 saturated carbocycles. The van der Waals surface area contributed by atoms with Crippen molar-refractivity contribution < 1.29 is 4.74 Å². The fourth-order valence-electron chi connectivity index (χ4n) is 2.13. The van der Waals surface area contributed by atoms with Crippen LogP contribution in [0.3, 0.4) is 0 Å². The molecule has 114 valence electrons. The molecule has 1 fully saturated rings. The summed E-state index contributed by atoms with van der Waals surface area (Å²) < 4.78 is 5.75. The maximum absolute atomic E-state index is 5.75. The Bertz CT molecular complexity index is 443. The molecule has 1 aliphatic heterocycles. The summed E-state index contributed by atoms with van der Waals surface area (Å²) in [5.41, 5.74) is -0.0568. The van der Waals surface area contributed by atoms with E-state index in [0.717, 1.165) is 43.5 Å². The average Bonchev–Trinajstić information content (AvgIpc) is 2.99. The third-order valence-corrected chi connectivity index (χ3v) is 4.17. The normalized spacial score (nSPS) is 22.4. The molecule has 0 aromatic carbocycles. The topological polar surface area (TPSA) is 58.5 Å². The van der Waals surface area contributed by atoms with Crippen molar-refractivity contribution in [1.82, 2.24) is 15.6 Å². The Morgan fingerprint density at radius 2 is 2.35 bits per heavy atom. The highest BCUT2D eigenvalue weighted by Crippen LogP contribution is 2.23. The van der Waals surface area contributed by atoms with Gasteiger partial charge < -0.3 is 15.4 Å². The van der Waals surface area contributed by atoms with Gasteiger partial charge in [-0.15, -0.1) is 35.3 Å². The van der Waals surface area contributed by atoms with Gasteiger partial charge in [-0.25, -0.2) is 4.98 Å². The van der Waals surface area contributed by atoms with Crippen molar-refractivity contribution in [3.8, 4) is 0 Å². The van der Waals surface area contributed by atoms with Gasteiger partial charge in [0.25, 0.3) is 0 Å². The molecule has 7 heteroatoms. The number of nitrogens with zero attached hydrogens (tertiary/aromatic N) is 2. The number of thiazole rings is 1. The maximum atomic E-state index is 5.75. The Morgan fingerprint density at radius 1 is 1.55 bits per heavy atom. The molecule has 1 atom stereocenters. The smallest absolute Gasteiger partial charge is 0.191 e. The molecule has 1 aromatic rings. The van der Waals surface area contributed by atoms with E-state index >= 15 is 0 Å². The van der Waals surface area contributed by atoms with Gasteiger partial charge in [-0.2, -0.15) is 0 Å². The number of nitrogens with one attached hydrogen (secondary N) is 2. The molecular formula is C13H23IN4OS. The van der Waals surface area contributed by atoms with Crippen LogP contribution >= 0.6 is 35.3 Å². The predicted octanol–water partition coefficient (Wildman–Crippen LogP) is 2.30. The molecule has 5 nitrogen and oxygen atoms in total. The molecule has 1 aliphatic rings. The van der Waals surface area contributed by atoms with Crippen LogP contribution in [0.1, 0.15) is 29.7 Å². The summed E-state index contributed by atoms with van der Waals surface area (Å²) in [7, 11) is 1.78. The van der Waals surface area contributed by atoms with Crippen molar-refractivity contribution in [3.63, 3.8) is 0 Å². The fraction of sp³-hybridized carbons (Fsp3) is 0.692. The average molecular weight is 410 g/mol. The van der Waals surface area contributed by atoms with Crippen LogP contribution in [0.25, 0.3) is 0 Å². The monoisotopic (exact) mass is 410 g/mol. The van der Waals surface area contributed by atoms with Gasteiger partial charge in [0.1, 0.15) is 0 Å². The lowest BCUT2D eigenvalue weighted by molar-refractivity contribution is 0.0243. The fourth-order valence-corrected chi connectivity index (χ4v) is 2.86. The molecule has 2 heterocycles. The number of aryl methyl sites for hydroxylation is 1. The van der Waals surface area contributed by atoms with Crippen LogP contribution < -0.4 is 10.6 Å². The van der Waals surface area contributed by atoms with Gasteiger partial charge in [0.05, 0.1) is 17.2 Å². The Balaban J connectivity index is 0.00000200. The summed E-state index contributed by atoms with van der Waals surface area (Å²) in [5, 5.41) is 7.71. The number of aliphatic imine (C=N–C) groups is 1. The molecule has 0 aliphatic carbocycles. The third kappa shape index (κ3) is 5.17. The zero-order valence-electron chi connectivity index (χ0n) is 12.2. The molecule has 0 radical (unpaired) electrons. The summed E-state index contributed by atoms with van der Waals surface area (Å²) in [5.74, 6) is 0.808. The lowest BCUT2D eigenvalue weighted by atomic mass is 10.0. The summed E-state index contributed by atoms with van der Waals surface area (Å²) in [6.07, 6.45) is 4.15. The molecule has 20 heavy (non-hydrogen) atoms. The standard InChI is InChI=1S/C13H22N4OS.HI/c1-10-15-7-11(19-10)8-16-12(14-3)17-9-13(2)5-4-6-18-13;/h7H,4-6,8-9H2,1-3H3,(H2,14,16,17);1H. The zero-order valence-corrected chi connectivity index (χ0v) is 15.4. The van der Waals surface area contributed by atoms with E-state index in [1.54, 1.807) is 18.4 Å². The lowest BCUT2D eigenvalue weighted by Crippen LogP contribution is -2.45. The van der Waals surface area contributed by atoms with Crippen LogP contribution in [0.2, 0.25) is 0 Å². The summed E-state index contributed by atoms with van der Waals surface area (Å²) >= 11 is 1.70. The highest BCUT2D eigenvalue weighted by Gasteiger charge is 2.29. The molecular weight excluding hydrogens is 387 g/mol. The lowest BCUT2D eigenvalue weighted by Gasteiger charge is -2.24. The van der Waals surface area contributed by atoms with E-state index < -0.39 is 0 Å². The summed E-state index contributed by atoms with van der Waals surface area (Å²) in [6, 6.07) is 0. The summed E-state index contributed by atoms with van der Waals surface area (Å²) in [6.45, 7) is 6.56. The van der Waals surface area contributed by atoms with Gasteiger partial charge in [0.2, 0.25) is 0 Å². The maximum Gasteiger partial charge on any atom is 0.191 e. The first-order chi connectivity index (χ1) is 9.11. The minimum absolute atomic E-state index is 0. The number of hydrogen-bond acceptors (Lipinski definition) is 4. The quantitative estimate of drug-likeness (QED) is 0.455. The molecule has 2 rings (SSSR count). The SMILES string of the molecule is CN=C(NCc1cnc(C)s1)NCC1(C)CCCO1.I. The number of aromatic nitrogens is 1. The molecule has 1 unspecified atom stereocenters. The second kappa shape index (κ2) is 8.14. The van der Waals surface area contributed by atoms with Crippen molar-refractivity contribution in [3.05, 3.63) is 16.1 Å². The van der Waals surface area contributed by atoms with Crippen LogP contribution in [0.15, 0.2) is 11.2 Å². The number of rotatable bonds is 4. The van der Waals surface area contributed by atoms with Gasteiger partial charge in [-0.3, -0.25) is 4.99 Å². The van der Waals surface area contributed by atoms with Crippen LogP contribution in [0, 0.1) is 6.92 Å². The highest BCUT2D eigenvalue weighted by atomic mass is 127. The largest absolute Gasteiger partial charge is 0.373 e. The van der Waals surface area contributed by atoms with Gasteiger partial charge in [-0.05, 0) is 26.7 Å². The Labute approximate surface area is 141 Å².